The van der Waals surface area contributed by atoms with E-state index in [1.165, 1.54) is 0 Å². The summed E-state index contributed by atoms with van der Waals surface area (Å²) in [5, 5.41) is 20.1. The fourth-order valence-corrected chi connectivity index (χ4v) is 1.89. The Labute approximate surface area is 123 Å². The summed E-state index contributed by atoms with van der Waals surface area (Å²) in [4.78, 5) is 10.7. The molecule has 0 unspecified atom stereocenters. The van der Waals surface area contributed by atoms with E-state index in [1.807, 2.05) is 12.1 Å². The van der Waals surface area contributed by atoms with E-state index in [0.29, 0.717) is 17.9 Å². The molecule has 0 aromatic heterocycles. The minimum atomic E-state index is -0.987. The van der Waals surface area contributed by atoms with Gasteiger partial charge in [-0.05, 0) is 42.0 Å². The maximum atomic E-state index is 10.9. The molecular weight excluding hydrogens is 270 g/mol. The van der Waals surface area contributed by atoms with Crippen LogP contribution in [0.5, 0.6) is 17.2 Å². The SMILES string of the molecule is CC(C)(Cc1ccc(Oc2ccc(O)cc2)cc1)[N+](=O)[O-]. The maximum absolute atomic E-state index is 10.9. The standard InChI is InChI=1S/C16H17NO4/c1-16(2,17(19)20)11-12-3-7-14(8-4-12)21-15-9-5-13(18)6-10-15/h3-10,18H,11H2,1-2H3. The quantitative estimate of drug-likeness (QED) is 0.671. The molecule has 0 aliphatic heterocycles. The predicted octanol–water partition coefficient (Wildman–Crippen LogP) is 3.78. The van der Waals surface area contributed by atoms with Crippen LogP contribution in [0.4, 0.5) is 0 Å². The lowest BCUT2D eigenvalue weighted by molar-refractivity contribution is -0.560. The molecule has 21 heavy (non-hydrogen) atoms. The van der Waals surface area contributed by atoms with Gasteiger partial charge < -0.3 is 9.84 Å². The van der Waals surface area contributed by atoms with Gasteiger partial charge in [0.05, 0.1) is 0 Å². The molecule has 0 saturated heterocycles. The van der Waals surface area contributed by atoms with E-state index in [2.05, 4.69) is 0 Å². The molecule has 0 aliphatic carbocycles. The van der Waals surface area contributed by atoms with Crippen molar-refractivity contribution in [2.75, 3.05) is 0 Å². The number of nitro groups is 1. The minimum absolute atomic E-state index is 0.180. The fraction of sp³-hybridized carbons (Fsp3) is 0.250. The molecule has 2 aromatic carbocycles. The van der Waals surface area contributed by atoms with E-state index in [0.717, 1.165) is 5.56 Å². The van der Waals surface area contributed by atoms with Crippen LogP contribution < -0.4 is 4.74 Å². The molecule has 110 valence electrons. The van der Waals surface area contributed by atoms with E-state index < -0.39 is 5.54 Å². The smallest absolute Gasteiger partial charge is 0.220 e. The number of rotatable bonds is 5. The van der Waals surface area contributed by atoms with Crippen LogP contribution in [0.15, 0.2) is 48.5 Å². The normalized spacial score (nSPS) is 11.1. The minimum Gasteiger partial charge on any atom is -0.508 e. The summed E-state index contributed by atoms with van der Waals surface area (Å²) in [5.41, 5.74) is -0.103. The molecular formula is C16H17NO4. The Morgan fingerprint density at radius 1 is 1.05 bits per heavy atom. The predicted molar refractivity (Wildman–Crippen MR) is 79.4 cm³/mol. The number of hydrogen-bond acceptors (Lipinski definition) is 4. The van der Waals surface area contributed by atoms with Crippen molar-refractivity contribution in [1.82, 2.24) is 0 Å². The van der Waals surface area contributed by atoms with E-state index in [9.17, 15) is 15.2 Å². The maximum Gasteiger partial charge on any atom is 0.220 e. The highest BCUT2D eigenvalue weighted by molar-refractivity contribution is 5.36. The summed E-state index contributed by atoms with van der Waals surface area (Å²) in [5.74, 6) is 1.44. The molecule has 5 heteroatoms. The highest BCUT2D eigenvalue weighted by Crippen LogP contribution is 2.24. The van der Waals surface area contributed by atoms with E-state index in [-0.39, 0.29) is 10.7 Å². The van der Waals surface area contributed by atoms with Crippen molar-refractivity contribution >= 4 is 0 Å². The Balaban J connectivity index is 2.05. The van der Waals surface area contributed by atoms with Crippen molar-refractivity contribution in [2.45, 2.75) is 25.8 Å². The number of benzene rings is 2. The van der Waals surface area contributed by atoms with Gasteiger partial charge in [0.25, 0.3) is 0 Å². The number of hydrogen-bond donors (Lipinski definition) is 1. The van der Waals surface area contributed by atoms with Gasteiger partial charge in [-0.1, -0.05) is 12.1 Å². The van der Waals surface area contributed by atoms with Crippen LogP contribution in [-0.4, -0.2) is 15.6 Å². The first-order valence-corrected chi connectivity index (χ1v) is 6.57. The second-order valence-corrected chi connectivity index (χ2v) is 5.49. The van der Waals surface area contributed by atoms with E-state index in [1.54, 1.807) is 50.2 Å². The first-order valence-electron chi connectivity index (χ1n) is 6.57. The van der Waals surface area contributed by atoms with Gasteiger partial charge in [0.1, 0.15) is 17.2 Å². The molecule has 0 heterocycles. The molecule has 0 atom stereocenters. The fourth-order valence-electron chi connectivity index (χ4n) is 1.89. The second-order valence-electron chi connectivity index (χ2n) is 5.49. The van der Waals surface area contributed by atoms with Crippen molar-refractivity contribution < 1.29 is 14.8 Å². The number of aromatic hydroxyl groups is 1. The number of nitrogens with zero attached hydrogens (tertiary/aromatic N) is 1. The summed E-state index contributed by atoms with van der Waals surface area (Å²) >= 11 is 0. The zero-order chi connectivity index (χ0) is 15.5. The molecule has 0 amide bonds. The average molecular weight is 287 g/mol. The van der Waals surface area contributed by atoms with Crippen molar-refractivity contribution in [1.29, 1.82) is 0 Å². The van der Waals surface area contributed by atoms with Crippen LogP contribution in [0.2, 0.25) is 0 Å². The van der Waals surface area contributed by atoms with E-state index in [4.69, 9.17) is 4.74 Å². The molecule has 0 radical (unpaired) electrons. The lowest BCUT2D eigenvalue weighted by Crippen LogP contribution is -2.33. The molecule has 0 aliphatic rings. The van der Waals surface area contributed by atoms with Gasteiger partial charge in [0, 0.05) is 25.2 Å². The van der Waals surface area contributed by atoms with Crippen LogP contribution in [-0.2, 0) is 6.42 Å². The second kappa shape index (κ2) is 5.83. The first-order chi connectivity index (χ1) is 9.87. The van der Waals surface area contributed by atoms with Crippen LogP contribution in [0.3, 0.4) is 0 Å². The largest absolute Gasteiger partial charge is 0.508 e. The Morgan fingerprint density at radius 2 is 1.52 bits per heavy atom. The summed E-state index contributed by atoms with van der Waals surface area (Å²) in [6.45, 7) is 3.21. The van der Waals surface area contributed by atoms with Gasteiger partial charge in [-0.15, -0.1) is 0 Å². The summed E-state index contributed by atoms with van der Waals surface area (Å²) in [6, 6.07) is 13.6. The zero-order valence-corrected chi connectivity index (χ0v) is 11.9. The Morgan fingerprint density at radius 3 is 2.00 bits per heavy atom. The third kappa shape index (κ3) is 3.95. The monoisotopic (exact) mass is 287 g/mol. The van der Waals surface area contributed by atoms with Gasteiger partial charge in [-0.25, -0.2) is 0 Å². The average Bonchev–Trinajstić information content (AvgIpc) is 2.43. The molecule has 0 spiro atoms. The highest BCUT2D eigenvalue weighted by atomic mass is 16.6. The van der Waals surface area contributed by atoms with Gasteiger partial charge in [-0.3, -0.25) is 10.1 Å². The number of phenols is 1. The Kier molecular flexibility index (Phi) is 4.12. The van der Waals surface area contributed by atoms with Crippen LogP contribution in [0, 0.1) is 10.1 Å². The van der Waals surface area contributed by atoms with Crippen molar-refractivity contribution in [3.8, 4) is 17.2 Å². The molecule has 2 rings (SSSR count). The Bertz CT molecular complexity index is 618. The van der Waals surface area contributed by atoms with Gasteiger partial charge in [-0.2, -0.15) is 0 Å². The molecule has 2 aromatic rings. The van der Waals surface area contributed by atoms with Gasteiger partial charge in [0.15, 0.2) is 0 Å². The molecule has 0 bridgehead atoms. The third-order valence-electron chi connectivity index (χ3n) is 3.13. The number of phenolic OH excluding ortho intramolecular Hbond substituents is 1. The van der Waals surface area contributed by atoms with Crippen molar-refractivity contribution in [3.63, 3.8) is 0 Å². The third-order valence-corrected chi connectivity index (χ3v) is 3.13. The highest BCUT2D eigenvalue weighted by Gasteiger charge is 2.30. The molecule has 5 nitrogen and oxygen atoms in total. The topological polar surface area (TPSA) is 72.6 Å². The van der Waals surface area contributed by atoms with Crippen LogP contribution in [0.1, 0.15) is 19.4 Å². The Hall–Kier alpha value is -2.56. The van der Waals surface area contributed by atoms with Gasteiger partial charge in [0.2, 0.25) is 5.54 Å². The zero-order valence-electron chi connectivity index (χ0n) is 11.9. The van der Waals surface area contributed by atoms with Crippen molar-refractivity contribution in [3.05, 3.63) is 64.2 Å². The summed E-state index contributed by atoms with van der Waals surface area (Å²) in [7, 11) is 0. The van der Waals surface area contributed by atoms with Crippen LogP contribution in [0.25, 0.3) is 0 Å². The summed E-state index contributed by atoms with van der Waals surface area (Å²) in [6.07, 6.45) is 0.361. The van der Waals surface area contributed by atoms with Gasteiger partial charge >= 0.3 is 0 Å². The van der Waals surface area contributed by atoms with Crippen LogP contribution >= 0.6 is 0 Å². The lowest BCUT2D eigenvalue weighted by Gasteiger charge is -2.15. The van der Waals surface area contributed by atoms with E-state index >= 15 is 0 Å². The number of ether oxygens (including phenoxy) is 1. The molecule has 0 fully saturated rings. The molecule has 1 N–H and O–H groups in total. The van der Waals surface area contributed by atoms with Crippen molar-refractivity contribution in [2.24, 2.45) is 0 Å². The lowest BCUT2D eigenvalue weighted by atomic mass is 9.96. The first kappa shape index (κ1) is 14.8. The summed E-state index contributed by atoms with van der Waals surface area (Å²) < 4.78 is 5.62. The molecule has 0 saturated carbocycles.